The molecule has 0 fully saturated rings. The molecule has 1 aromatic carbocycles. The first-order chi connectivity index (χ1) is 8.49. The molecule has 2 N–H and O–H groups in total. The van der Waals surface area contributed by atoms with Gasteiger partial charge in [-0.15, -0.1) is 0 Å². The van der Waals surface area contributed by atoms with Crippen LogP contribution in [0.3, 0.4) is 0 Å². The van der Waals surface area contributed by atoms with Crippen LogP contribution in [0.5, 0.6) is 5.75 Å². The molecule has 0 atom stereocenters. The van der Waals surface area contributed by atoms with E-state index in [4.69, 9.17) is 15.2 Å². The zero-order valence-electron chi connectivity index (χ0n) is 10.1. The van der Waals surface area contributed by atoms with Gasteiger partial charge < -0.3 is 15.2 Å². The molecule has 0 saturated heterocycles. The maximum absolute atomic E-state index is 12.6. The van der Waals surface area contributed by atoms with Crippen LogP contribution in [0.25, 0.3) is 0 Å². The van der Waals surface area contributed by atoms with E-state index in [0.717, 1.165) is 6.07 Å². The summed E-state index contributed by atoms with van der Waals surface area (Å²) in [4.78, 5) is 0. The zero-order chi connectivity index (χ0) is 13.6. The highest BCUT2D eigenvalue weighted by Crippen LogP contribution is 2.33. The van der Waals surface area contributed by atoms with Crippen molar-refractivity contribution in [2.45, 2.75) is 19.1 Å². The third kappa shape index (κ3) is 4.19. The van der Waals surface area contributed by atoms with Crippen LogP contribution in [-0.4, -0.2) is 20.3 Å². The molecule has 18 heavy (non-hydrogen) atoms. The number of hydrogen-bond donors (Lipinski definition) is 1. The molecule has 0 saturated carbocycles. The Morgan fingerprint density at radius 2 is 1.94 bits per heavy atom. The SMILES string of the molecule is COCCCOc1ccc(C(F)(F)F)c(CN)c1. The zero-order valence-corrected chi connectivity index (χ0v) is 10.1. The fourth-order valence-electron chi connectivity index (χ4n) is 1.50. The summed E-state index contributed by atoms with van der Waals surface area (Å²) in [5.74, 6) is 0.388. The van der Waals surface area contributed by atoms with E-state index in [1.807, 2.05) is 0 Å². The molecule has 102 valence electrons. The number of benzene rings is 1. The fourth-order valence-corrected chi connectivity index (χ4v) is 1.50. The van der Waals surface area contributed by atoms with Gasteiger partial charge in [-0.2, -0.15) is 13.2 Å². The van der Waals surface area contributed by atoms with Gasteiger partial charge >= 0.3 is 6.18 Å². The Morgan fingerprint density at radius 3 is 2.50 bits per heavy atom. The van der Waals surface area contributed by atoms with Crippen LogP contribution in [0.4, 0.5) is 13.2 Å². The molecule has 1 rings (SSSR count). The van der Waals surface area contributed by atoms with Crippen molar-refractivity contribution in [3.8, 4) is 5.75 Å². The summed E-state index contributed by atoms with van der Waals surface area (Å²) >= 11 is 0. The molecule has 0 amide bonds. The molecular formula is C12H16F3NO2. The Bertz CT molecular complexity index is 380. The second kappa shape index (κ2) is 6.61. The van der Waals surface area contributed by atoms with Crippen LogP contribution in [0.1, 0.15) is 17.5 Å². The standard InChI is InChI=1S/C12H16F3NO2/c1-17-5-2-6-18-10-3-4-11(12(13,14)15)9(7-10)8-16/h3-4,7H,2,5-6,8,16H2,1H3. The molecule has 0 aliphatic carbocycles. The molecule has 0 unspecified atom stereocenters. The van der Waals surface area contributed by atoms with E-state index < -0.39 is 11.7 Å². The molecule has 0 spiro atoms. The van der Waals surface area contributed by atoms with Crippen LogP contribution in [-0.2, 0) is 17.5 Å². The van der Waals surface area contributed by atoms with Crippen LogP contribution >= 0.6 is 0 Å². The number of ether oxygens (including phenoxy) is 2. The van der Waals surface area contributed by atoms with Crippen molar-refractivity contribution in [1.29, 1.82) is 0 Å². The maximum Gasteiger partial charge on any atom is 0.416 e. The van der Waals surface area contributed by atoms with Crippen LogP contribution in [0.2, 0.25) is 0 Å². The van der Waals surface area contributed by atoms with Gasteiger partial charge in [-0.05, 0) is 23.8 Å². The lowest BCUT2D eigenvalue weighted by molar-refractivity contribution is -0.138. The van der Waals surface area contributed by atoms with Crippen molar-refractivity contribution >= 4 is 0 Å². The predicted octanol–water partition coefficient (Wildman–Crippen LogP) is 2.58. The van der Waals surface area contributed by atoms with Crippen molar-refractivity contribution in [3.05, 3.63) is 29.3 Å². The van der Waals surface area contributed by atoms with Gasteiger partial charge in [0, 0.05) is 26.7 Å². The lowest BCUT2D eigenvalue weighted by Gasteiger charge is -2.13. The van der Waals surface area contributed by atoms with Gasteiger partial charge in [0.2, 0.25) is 0 Å². The minimum absolute atomic E-state index is 0.0340. The summed E-state index contributed by atoms with van der Waals surface area (Å²) in [6, 6.07) is 3.62. The third-order valence-corrected chi connectivity index (χ3v) is 2.36. The first kappa shape index (κ1) is 14.8. The second-order valence-electron chi connectivity index (χ2n) is 3.72. The van der Waals surface area contributed by atoms with E-state index in [2.05, 4.69) is 0 Å². The quantitative estimate of drug-likeness (QED) is 0.802. The van der Waals surface area contributed by atoms with Gasteiger partial charge in [-0.3, -0.25) is 0 Å². The Balaban J connectivity index is 2.73. The molecule has 0 heterocycles. The number of methoxy groups -OCH3 is 1. The number of nitrogens with two attached hydrogens (primary N) is 1. The predicted molar refractivity (Wildman–Crippen MR) is 61.3 cm³/mol. The number of rotatable bonds is 6. The van der Waals surface area contributed by atoms with Gasteiger partial charge in [0.1, 0.15) is 5.75 Å². The largest absolute Gasteiger partial charge is 0.493 e. The Kier molecular flexibility index (Phi) is 5.43. The minimum Gasteiger partial charge on any atom is -0.493 e. The molecule has 0 aromatic heterocycles. The Hall–Kier alpha value is -1.27. The smallest absolute Gasteiger partial charge is 0.416 e. The average molecular weight is 263 g/mol. The highest BCUT2D eigenvalue weighted by atomic mass is 19.4. The van der Waals surface area contributed by atoms with Crippen LogP contribution in [0.15, 0.2) is 18.2 Å². The lowest BCUT2D eigenvalue weighted by atomic mass is 10.1. The third-order valence-electron chi connectivity index (χ3n) is 2.36. The van der Waals surface area contributed by atoms with Crippen molar-refractivity contribution in [1.82, 2.24) is 0 Å². The van der Waals surface area contributed by atoms with Crippen molar-refractivity contribution in [3.63, 3.8) is 0 Å². The van der Waals surface area contributed by atoms with Crippen LogP contribution in [0, 0.1) is 0 Å². The Morgan fingerprint density at radius 1 is 1.22 bits per heavy atom. The highest BCUT2D eigenvalue weighted by Gasteiger charge is 2.32. The summed E-state index contributed by atoms with van der Waals surface area (Å²) in [5.41, 5.74) is 4.64. The lowest BCUT2D eigenvalue weighted by Crippen LogP contribution is -2.12. The average Bonchev–Trinajstić information content (AvgIpc) is 2.33. The van der Waals surface area contributed by atoms with Gasteiger partial charge in [0.15, 0.2) is 0 Å². The molecule has 0 bridgehead atoms. The molecule has 6 heteroatoms. The van der Waals surface area contributed by atoms with Gasteiger partial charge in [-0.25, -0.2) is 0 Å². The summed E-state index contributed by atoms with van der Waals surface area (Å²) in [7, 11) is 1.57. The molecule has 1 aromatic rings. The van der Waals surface area contributed by atoms with Gasteiger partial charge in [0.05, 0.1) is 12.2 Å². The minimum atomic E-state index is -4.39. The molecule has 0 aliphatic heterocycles. The molecule has 0 radical (unpaired) electrons. The summed E-state index contributed by atoms with van der Waals surface area (Å²) in [6.07, 6.45) is -3.71. The molecule has 3 nitrogen and oxygen atoms in total. The first-order valence-corrected chi connectivity index (χ1v) is 5.51. The van der Waals surface area contributed by atoms with E-state index >= 15 is 0 Å². The highest BCUT2D eigenvalue weighted by molar-refractivity contribution is 5.37. The van der Waals surface area contributed by atoms with E-state index in [1.54, 1.807) is 7.11 Å². The van der Waals surface area contributed by atoms with E-state index in [9.17, 15) is 13.2 Å². The van der Waals surface area contributed by atoms with Crippen molar-refractivity contribution < 1.29 is 22.6 Å². The number of alkyl halides is 3. The molecule has 0 aliphatic rings. The summed E-state index contributed by atoms with van der Waals surface area (Å²) < 4.78 is 48.0. The number of hydrogen-bond acceptors (Lipinski definition) is 3. The van der Waals surface area contributed by atoms with E-state index in [0.29, 0.717) is 25.4 Å². The van der Waals surface area contributed by atoms with Crippen molar-refractivity contribution in [2.75, 3.05) is 20.3 Å². The molecular weight excluding hydrogens is 247 g/mol. The summed E-state index contributed by atoms with van der Waals surface area (Å²) in [5, 5.41) is 0. The fraction of sp³-hybridized carbons (Fsp3) is 0.500. The maximum atomic E-state index is 12.6. The van der Waals surface area contributed by atoms with E-state index in [-0.39, 0.29) is 12.1 Å². The monoisotopic (exact) mass is 263 g/mol. The van der Waals surface area contributed by atoms with Crippen molar-refractivity contribution in [2.24, 2.45) is 5.73 Å². The number of halogens is 3. The van der Waals surface area contributed by atoms with E-state index in [1.165, 1.54) is 12.1 Å². The van der Waals surface area contributed by atoms with Gasteiger partial charge in [0.25, 0.3) is 0 Å². The normalized spacial score (nSPS) is 11.6. The van der Waals surface area contributed by atoms with Gasteiger partial charge in [-0.1, -0.05) is 0 Å². The first-order valence-electron chi connectivity index (χ1n) is 5.51. The van der Waals surface area contributed by atoms with Crippen LogP contribution < -0.4 is 10.5 Å². The Labute approximate surface area is 104 Å². The topological polar surface area (TPSA) is 44.5 Å². The second-order valence-corrected chi connectivity index (χ2v) is 3.72. The summed E-state index contributed by atoms with van der Waals surface area (Å²) in [6.45, 7) is 0.762.